The predicted octanol–water partition coefficient (Wildman–Crippen LogP) is 6.22. The number of halogens is 2. The van der Waals surface area contributed by atoms with Gasteiger partial charge in [-0.1, -0.05) is 74.0 Å². The quantitative estimate of drug-likeness (QED) is 0.549. The zero-order valence-corrected chi connectivity index (χ0v) is 17.7. The molecule has 2 aromatic carbocycles. The molecule has 2 nitrogen and oxygen atoms in total. The third-order valence-electron chi connectivity index (χ3n) is 4.45. The van der Waals surface area contributed by atoms with Gasteiger partial charge >= 0.3 is 0 Å². The van der Waals surface area contributed by atoms with Crippen molar-refractivity contribution in [3.8, 4) is 22.4 Å². The molecule has 0 aliphatic heterocycles. The fourth-order valence-corrected chi connectivity index (χ4v) is 3.16. The molecule has 3 rings (SSSR count). The highest BCUT2D eigenvalue weighted by Crippen LogP contribution is 2.31. The Hall–Kier alpha value is -1.87. The van der Waals surface area contributed by atoms with Crippen molar-refractivity contribution < 1.29 is 0 Å². The monoisotopic (exact) mass is 402 g/mol. The average molecular weight is 403 g/mol. The highest BCUT2D eigenvalue weighted by molar-refractivity contribution is 5.85. The summed E-state index contributed by atoms with van der Waals surface area (Å²) in [5.74, 6) is 0.537. The maximum Gasteiger partial charge on any atom is 0.0711 e. The second kappa shape index (κ2) is 10.5. The Balaban J connectivity index is 0.00000182. The van der Waals surface area contributed by atoms with Crippen LogP contribution in [-0.4, -0.2) is 4.98 Å². The van der Waals surface area contributed by atoms with E-state index in [2.05, 4.69) is 75.4 Å². The van der Waals surface area contributed by atoms with Gasteiger partial charge in [0.1, 0.15) is 0 Å². The number of hydrogen-bond donors (Lipinski definition) is 1. The van der Waals surface area contributed by atoms with Crippen molar-refractivity contribution >= 4 is 24.8 Å². The number of nitrogens with zero attached hydrogens (tertiary/aromatic N) is 1. The van der Waals surface area contributed by atoms with Crippen LogP contribution in [-0.2, 0) is 13.0 Å². The van der Waals surface area contributed by atoms with E-state index in [-0.39, 0.29) is 24.8 Å². The minimum atomic E-state index is 0. The molecule has 0 unspecified atom stereocenters. The number of rotatable bonds is 5. The number of hydrogen-bond acceptors (Lipinski definition) is 2. The molecule has 0 saturated heterocycles. The van der Waals surface area contributed by atoms with Crippen LogP contribution in [0.5, 0.6) is 0 Å². The lowest BCUT2D eigenvalue weighted by molar-refractivity contribution is 0.630. The SMILES string of the molecule is Cc1ccc(-c2cc(-c3ccccc3)nc(CC(C)C)c2CN)cc1.Cl.Cl. The topological polar surface area (TPSA) is 38.9 Å². The van der Waals surface area contributed by atoms with Gasteiger partial charge in [-0.25, -0.2) is 0 Å². The van der Waals surface area contributed by atoms with E-state index in [0.717, 1.165) is 28.9 Å². The van der Waals surface area contributed by atoms with Crippen LogP contribution in [0.2, 0.25) is 0 Å². The molecular formula is C23H28Cl2N2. The predicted molar refractivity (Wildman–Crippen MR) is 121 cm³/mol. The maximum absolute atomic E-state index is 6.14. The molecule has 0 fully saturated rings. The van der Waals surface area contributed by atoms with Gasteiger partial charge in [0, 0.05) is 17.8 Å². The van der Waals surface area contributed by atoms with E-state index in [4.69, 9.17) is 10.7 Å². The molecule has 0 amide bonds. The Morgan fingerprint density at radius 1 is 0.889 bits per heavy atom. The summed E-state index contributed by atoms with van der Waals surface area (Å²) in [4.78, 5) is 4.98. The van der Waals surface area contributed by atoms with Crippen LogP contribution < -0.4 is 5.73 Å². The zero-order valence-electron chi connectivity index (χ0n) is 16.1. The van der Waals surface area contributed by atoms with Crippen LogP contribution in [0.4, 0.5) is 0 Å². The van der Waals surface area contributed by atoms with Crippen LogP contribution >= 0.6 is 24.8 Å². The van der Waals surface area contributed by atoms with Crippen molar-refractivity contribution in [1.82, 2.24) is 4.98 Å². The van der Waals surface area contributed by atoms with Gasteiger partial charge < -0.3 is 5.73 Å². The van der Waals surface area contributed by atoms with Crippen LogP contribution in [0.3, 0.4) is 0 Å². The Morgan fingerprint density at radius 3 is 2.07 bits per heavy atom. The fraction of sp³-hybridized carbons (Fsp3) is 0.261. The van der Waals surface area contributed by atoms with E-state index >= 15 is 0 Å². The number of benzene rings is 2. The molecule has 1 heterocycles. The summed E-state index contributed by atoms with van der Waals surface area (Å²) in [6.07, 6.45) is 0.937. The summed E-state index contributed by atoms with van der Waals surface area (Å²) in [7, 11) is 0. The van der Waals surface area contributed by atoms with Gasteiger partial charge in [0.15, 0.2) is 0 Å². The minimum absolute atomic E-state index is 0. The molecule has 4 heteroatoms. The molecule has 2 N–H and O–H groups in total. The molecule has 1 aromatic heterocycles. The number of aromatic nitrogens is 1. The molecule has 27 heavy (non-hydrogen) atoms. The molecule has 0 bridgehead atoms. The first-order chi connectivity index (χ1) is 12.1. The van der Waals surface area contributed by atoms with E-state index in [9.17, 15) is 0 Å². The Labute approximate surface area is 175 Å². The van der Waals surface area contributed by atoms with Gasteiger partial charge in [-0.05, 0) is 42.0 Å². The second-order valence-corrected chi connectivity index (χ2v) is 7.01. The molecule has 0 saturated carbocycles. The van der Waals surface area contributed by atoms with Gasteiger partial charge in [0.25, 0.3) is 0 Å². The highest BCUT2D eigenvalue weighted by Gasteiger charge is 2.15. The van der Waals surface area contributed by atoms with Crippen molar-refractivity contribution in [2.24, 2.45) is 11.7 Å². The van der Waals surface area contributed by atoms with Gasteiger partial charge in [0.05, 0.1) is 5.69 Å². The lowest BCUT2D eigenvalue weighted by Crippen LogP contribution is -2.10. The molecular weight excluding hydrogens is 375 g/mol. The summed E-state index contributed by atoms with van der Waals surface area (Å²) >= 11 is 0. The first-order valence-electron chi connectivity index (χ1n) is 8.93. The number of aryl methyl sites for hydroxylation is 1. The van der Waals surface area contributed by atoms with E-state index in [1.807, 2.05) is 6.07 Å². The first kappa shape index (κ1) is 23.2. The molecule has 0 atom stereocenters. The first-order valence-corrected chi connectivity index (χ1v) is 8.93. The molecule has 0 radical (unpaired) electrons. The molecule has 144 valence electrons. The second-order valence-electron chi connectivity index (χ2n) is 7.01. The summed E-state index contributed by atoms with van der Waals surface area (Å²) in [5.41, 5.74) is 14.3. The Morgan fingerprint density at radius 2 is 1.52 bits per heavy atom. The zero-order chi connectivity index (χ0) is 17.8. The van der Waals surface area contributed by atoms with Gasteiger partial charge in [-0.3, -0.25) is 4.98 Å². The van der Waals surface area contributed by atoms with E-state index in [1.165, 1.54) is 16.7 Å². The third-order valence-corrected chi connectivity index (χ3v) is 4.45. The molecule has 0 aliphatic carbocycles. The normalized spacial score (nSPS) is 10.3. The van der Waals surface area contributed by atoms with E-state index in [0.29, 0.717) is 12.5 Å². The summed E-state index contributed by atoms with van der Waals surface area (Å²) in [6.45, 7) is 7.07. The van der Waals surface area contributed by atoms with Crippen LogP contribution in [0.15, 0.2) is 60.7 Å². The fourth-order valence-electron chi connectivity index (χ4n) is 3.16. The number of pyridine rings is 1. The van der Waals surface area contributed by atoms with Gasteiger partial charge in [-0.15, -0.1) is 24.8 Å². The van der Waals surface area contributed by atoms with Crippen molar-refractivity contribution in [3.05, 3.63) is 77.5 Å². The van der Waals surface area contributed by atoms with Crippen LogP contribution in [0.1, 0.15) is 30.7 Å². The van der Waals surface area contributed by atoms with Crippen molar-refractivity contribution in [2.45, 2.75) is 33.7 Å². The maximum atomic E-state index is 6.14. The van der Waals surface area contributed by atoms with Crippen molar-refractivity contribution in [3.63, 3.8) is 0 Å². The summed E-state index contributed by atoms with van der Waals surface area (Å²) in [5, 5.41) is 0. The Kier molecular flexibility index (Phi) is 8.98. The third kappa shape index (κ3) is 5.55. The van der Waals surface area contributed by atoms with Crippen molar-refractivity contribution in [2.75, 3.05) is 0 Å². The largest absolute Gasteiger partial charge is 0.326 e. The highest BCUT2D eigenvalue weighted by atomic mass is 35.5. The molecule has 0 spiro atoms. The molecule has 0 aliphatic rings. The van der Waals surface area contributed by atoms with Crippen molar-refractivity contribution in [1.29, 1.82) is 0 Å². The minimum Gasteiger partial charge on any atom is -0.326 e. The van der Waals surface area contributed by atoms with Crippen LogP contribution in [0.25, 0.3) is 22.4 Å². The standard InChI is InChI=1S/C23H26N2.2ClH/c1-16(2)13-23-21(15-24)20(18-11-9-17(3)10-12-18)14-22(25-23)19-7-5-4-6-8-19;;/h4-12,14,16H,13,15,24H2,1-3H3;2*1H. The Bertz CT molecular complexity index is 844. The summed E-state index contributed by atoms with van der Waals surface area (Å²) in [6, 6.07) is 21.2. The van der Waals surface area contributed by atoms with Gasteiger partial charge in [-0.2, -0.15) is 0 Å². The van der Waals surface area contributed by atoms with E-state index in [1.54, 1.807) is 0 Å². The summed E-state index contributed by atoms with van der Waals surface area (Å²) < 4.78 is 0. The lowest BCUT2D eigenvalue weighted by atomic mass is 9.93. The molecule has 3 aromatic rings. The van der Waals surface area contributed by atoms with Crippen LogP contribution in [0, 0.1) is 12.8 Å². The average Bonchev–Trinajstić information content (AvgIpc) is 2.62. The van der Waals surface area contributed by atoms with Gasteiger partial charge in [0.2, 0.25) is 0 Å². The smallest absolute Gasteiger partial charge is 0.0711 e. The lowest BCUT2D eigenvalue weighted by Gasteiger charge is -2.17. The van der Waals surface area contributed by atoms with E-state index < -0.39 is 0 Å². The number of nitrogens with two attached hydrogens (primary N) is 1.